The van der Waals surface area contributed by atoms with E-state index in [1.165, 1.54) is 23.1 Å². The van der Waals surface area contributed by atoms with Gasteiger partial charge in [-0.3, -0.25) is 9.59 Å². The largest absolute Gasteiger partial charge is 0.445 e. The number of oxazole rings is 1. The number of hydrogen-bond acceptors (Lipinski definition) is 4. The van der Waals surface area contributed by atoms with E-state index in [0.717, 1.165) is 0 Å². The van der Waals surface area contributed by atoms with Crippen LogP contribution < -0.4 is 0 Å². The number of nitrogens with zero attached hydrogens (tertiary/aromatic N) is 3. The number of aryl methyl sites for hydroxylation is 1. The molecule has 1 fully saturated rings. The molecule has 0 unspecified atom stereocenters. The molecule has 0 spiro atoms. The van der Waals surface area contributed by atoms with Crippen molar-refractivity contribution in [2.24, 2.45) is 0 Å². The third-order valence-electron chi connectivity index (χ3n) is 4.73. The fraction of sp³-hybridized carbons (Fsp3) is 0.421. The Hall–Kier alpha value is -2.41. The highest BCUT2D eigenvalue weighted by Gasteiger charge is 2.30. The molecule has 1 aromatic carbocycles. The summed E-state index contributed by atoms with van der Waals surface area (Å²) in [5.74, 6) is -0.237. The van der Waals surface area contributed by atoms with E-state index in [0.29, 0.717) is 43.3 Å². The van der Waals surface area contributed by atoms with Crippen LogP contribution in [0, 0.1) is 12.7 Å². The van der Waals surface area contributed by atoms with Gasteiger partial charge in [0.05, 0.1) is 10.6 Å². The van der Waals surface area contributed by atoms with Crippen LogP contribution >= 0.6 is 11.6 Å². The van der Waals surface area contributed by atoms with Crippen LogP contribution in [0.4, 0.5) is 4.39 Å². The van der Waals surface area contributed by atoms with E-state index >= 15 is 0 Å². The Morgan fingerprint density at radius 2 is 1.96 bits per heavy atom. The number of carbonyl (C=O) groups excluding carboxylic acids is 2. The van der Waals surface area contributed by atoms with Crippen LogP contribution in [-0.2, 0) is 0 Å². The predicted molar refractivity (Wildman–Crippen MR) is 98.5 cm³/mol. The van der Waals surface area contributed by atoms with E-state index in [-0.39, 0.29) is 22.4 Å². The number of likely N-dealkylation sites (tertiary alicyclic amines) is 1. The van der Waals surface area contributed by atoms with Gasteiger partial charge >= 0.3 is 0 Å². The van der Waals surface area contributed by atoms with Gasteiger partial charge in [0.15, 0.2) is 11.6 Å². The minimum absolute atomic E-state index is 0.00699. The molecule has 144 valence electrons. The van der Waals surface area contributed by atoms with E-state index in [1.807, 2.05) is 0 Å². The van der Waals surface area contributed by atoms with Gasteiger partial charge in [0, 0.05) is 33.1 Å². The average Bonchev–Trinajstić information content (AvgIpc) is 3.02. The van der Waals surface area contributed by atoms with Crippen molar-refractivity contribution < 1.29 is 18.4 Å². The molecular formula is C19H21ClFN3O3. The molecule has 1 aromatic heterocycles. The van der Waals surface area contributed by atoms with Crippen molar-refractivity contribution in [2.45, 2.75) is 25.7 Å². The van der Waals surface area contributed by atoms with Gasteiger partial charge in [-0.25, -0.2) is 9.37 Å². The number of benzene rings is 1. The van der Waals surface area contributed by atoms with E-state index in [1.54, 1.807) is 25.9 Å². The predicted octanol–water partition coefficient (Wildman–Crippen LogP) is 3.50. The van der Waals surface area contributed by atoms with E-state index in [2.05, 4.69) is 4.98 Å². The van der Waals surface area contributed by atoms with Crippen molar-refractivity contribution in [3.63, 3.8) is 0 Å². The zero-order valence-electron chi connectivity index (χ0n) is 15.5. The lowest BCUT2D eigenvalue weighted by molar-refractivity contribution is 0.0701. The maximum Gasteiger partial charge on any atom is 0.275 e. The summed E-state index contributed by atoms with van der Waals surface area (Å²) in [6, 6.07) is 4.20. The van der Waals surface area contributed by atoms with Crippen LogP contribution in [0.2, 0.25) is 5.02 Å². The zero-order valence-corrected chi connectivity index (χ0v) is 16.2. The third-order valence-corrected chi connectivity index (χ3v) is 5.04. The molecule has 3 rings (SSSR count). The average molecular weight is 394 g/mol. The molecule has 6 nitrogen and oxygen atoms in total. The van der Waals surface area contributed by atoms with Crippen molar-refractivity contribution in [1.29, 1.82) is 0 Å². The second kappa shape index (κ2) is 7.68. The highest BCUT2D eigenvalue weighted by molar-refractivity contribution is 6.33. The zero-order chi connectivity index (χ0) is 19.7. The van der Waals surface area contributed by atoms with Crippen LogP contribution in [-0.4, -0.2) is 53.8 Å². The van der Waals surface area contributed by atoms with E-state index < -0.39 is 11.7 Å². The van der Waals surface area contributed by atoms with Crippen LogP contribution in [0.25, 0.3) is 0 Å². The first-order valence-electron chi connectivity index (χ1n) is 8.71. The first kappa shape index (κ1) is 19.4. The summed E-state index contributed by atoms with van der Waals surface area (Å²) in [6.45, 7) is 2.59. The van der Waals surface area contributed by atoms with Crippen LogP contribution in [0.3, 0.4) is 0 Å². The molecular weight excluding hydrogens is 373 g/mol. The summed E-state index contributed by atoms with van der Waals surface area (Å²) in [7, 11) is 3.32. The Kier molecular flexibility index (Phi) is 5.51. The molecule has 1 aliphatic heterocycles. The molecule has 27 heavy (non-hydrogen) atoms. The molecule has 0 atom stereocenters. The second-order valence-corrected chi connectivity index (χ2v) is 7.23. The molecule has 0 N–H and O–H groups in total. The highest BCUT2D eigenvalue weighted by atomic mass is 35.5. The Morgan fingerprint density at radius 3 is 2.56 bits per heavy atom. The Balaban J connectivity index is 1.70. The SMILES string of the molecule is Cc1oc(C2CCN(C(=O)c3c(F)cccc3Cl)CC2)nc1C(=O)N(C)C. The number of piperidine rings is 1. The quantitative estimate of drug-likeness (QED) is 0.800. The highest BCUT2D eigenvalue weighted by Crippen LogP contribution is 2.30. The number of halogens is 2. The molecule has 1 saturated heterocycles. The first-order valence-corrected chi connectivity index (χ1v) is 9.09. The molecule has 2 aromatic rings. The Labute approximate surface area is 161 Å². The van der Waals surface area contributed by atoms with Crippen molar-refractivity contribution in [3.8, 4) is 0 Å². The van der Waals surface area contributed by atoms with Gasteiger partial charge in [-0.15, -0.1) is 0 Å². The lowest BCUT2D eigenvalue weighted by Gasteiger charge is -2.31. The fourth-order valence-electron chi connectivity index (χ4n) is 3.19. The van der Waals surface area contributed by atoms with E-state index in [9.17, 15) is 14.0 Å². The fourth-order valence-corrected chi connectivity index (χ4v) is 3.44. The maximum atomic E-state index is 14.0. The van der Waals surface area contributed by atoms with Crippen LogP contribution in [0.5, 0.6) is 0 Å². The Morgan fingerprint density at radius 1 is 1.30 bits per heavy atom. The van der Waals surface area contributed by atoms with Gasteiger partial charge in [-0.2, -0.15) is 0 Å². The van der Waals surface area contributed by atoms with Gasteiger partial charge in [-0.05, 0) is 31.9 Å². The molecule has 8 heteroatoms. The number of amides is 2. The second-order valence-electron chi connectivity index (χ2n) is 6.82. The summed E-state index contributed by atoms with van der Waals surface area (Å²) in [6.07, 6.45) is 1.24. The minimum Gasteiger partial charge on any atom is -0.445 e. The van der Waals surface area contributed by atoms with Gasteiger partial charge < -0.3 is 14.2 Å². The molecule has 0 radical (unpaired) electrons. The summed E-state index contributed by atoms with van der Waals surface area (Å²) in [5.41, 5.74) is 0.218. The van der Waals surface area contributed by atoms with Gasteiger partial charge in [-0.1, -0.05) is 17.7 Å². The summed E-state index contributed by atoms with van der Waals surface area (Å²) >= 11 is 6.00. The lowest BCUT2D eigenvalue weighted by atomic mass is 9.96. The summed E-state index contributed by atoms with van der Waals surface area (Å²) in [5, 5.41) is 0.109. The smallest absolute Gasteiger partial charge is 0.275 e. The molecule has 1 aliphatic rings. The number of hydrogen-bond donors (Lipinski definition) is 0. The number of carbonyl (C=O) groups is 2. The minimum atomic E-state index is -0.621. The number of aromatic nitrogens is 1. The molecule has 0 aliphatic carbocycles. The third kappa shape index (κ3) is 3.83. The molecule has 2 amide bonds. The maximum absolute atomic E-state index is 14.0. The van der Waals surface area contributed by atoms with Crippen molar-refractivity contribution in [3.05, 3.63) is 51.9 Å². The van der Waals surface area contributed by atoms with Crippen LogP contribution in [0.1, 0.15) is 51.3 Å². The topological polar surface area (TPSA) is 66.7 Å². The normalized spacial score (nSPS) is 15.1. The van der Waals surface area contributed by atoms with Crippen molar-refractivity contribution >= 4 is 23.4 Å². The number of rotatable bonds is 3. The standard InChI is InChI=1S/C19H21ClFN3O3/c1-11-16(19(26)23(2)3)22-17(27-11)12-7-9-24(10-8-12)18(25)15-13(20)5-4-6-14(15)21/h4-6,12H,7-10H2,1-3H3. The summed E-state index contributed by atoms with van der Waals surface area (Å²) < 4.78 is 19.7. The monoisotopic (exact) mass is 393 g/mol. The van der Waals surface area contributed by atoms with Gasteiger partial charge in [0.1, 0.15) is 11.6 Å². The Bertz CT molecular complexity index is 853. The molecule has 0 bridgehead atoms. The summed E-state index contributed by atoms with van der Waals surface area (Å²) in [4.78, 5) is 32.2. The molecule has 0 saturated carbocycles. The van der Waals surface area contributed by atoms with Crippen molar-refractivity contribution in [2.75, 3.05) is 27.2 Å². The van der Waals surface area contributed by atoms with Crippen molar-refractivity contribution in [1.82, 2.24) is 14.8 Å². The molecule has 2 heterocycles. The van der Waals surface area contributed by atoms with Gasteiger partial charge in [0.2, 0.25) is 0 Å². The first-order chi connectivity index (χ1) is 12.8. The van der Waals surface area contributed by atoms with Gasteiger partial charge in [0.25, 0.3) is 11.8 Å². The van der Waals surface area contributed by atoms with Crippen LogP contribution in [0.15, 0.2) is 22.6 Å². The van der Waals surface area contributed by atoms with E-state index in [4.69, 9.17) is 16.0 Å². The lowest BCUT2D eigenvalue weighted by Crippen LogP contribution is -2.38.